The van der Waals surface area contributed by atoms with E-state index in [4.69, 9.17) is 4.74 Å². The molecule has 0 spiro atoms. The summed E-state index contributed by atoms with van der Waals surface area (Å²) in [5, 5.41) is 11.3. The molecular weight excluding hydrogens is 538 g/mol. The monoisotopic (exact) mass is 557 g/mol. The maximum Gasteiger partial charge on any atom is 0.416 e. The van der Waals surface area contributed by atoms with E-state index in [9.17, 15) is 36.2 Å². The molecule has 204 valence electrons. The summed E-state index contributed by atoms with van der Waals surface area (Å²) >= 11 is 0. The van der Waals surface area contributed by atoms with Gasteiger partial charge >= 0.3 is 17.9 Å². The lowest BCUT2D eigenvalue weighted by atomic mass is 10.0. The first-order valence-corrected chi connectivity index (χ1v) is 11.8. The molecule has 0 aliphatic rings. The topological polar surface area (TPSA) is 54.8 Å². The van der Waals surface area contributed by atoms with E-state index in [1.165, 1.54) is 33.4 Å². The summed E-state index contributed by atoms with van der Waals surface area (Å²) < 4.78 is 87.3. The highest BCUT2D eigenvalue weighted by atomic mass is 19.4. The second-order valence-electron chi connectivity index (χ2n) is 8.83. The number of benzene rings is 3. The van der Waals surface area contributed by atoms with Gasteiger partial charge in [0.15, 0.2) is 5.56 Å². The number of alkyl halides is 6. The first kappa shape index (κ1) is 26.8. The highest BCUT2D eigenvalue weighted by molar-refractivity contribution is 5.68. The van der Waals surface area contributed by atoms with E-state index >= 15 is 0 Å². The van der Waals surface area contributed by atoms with Gasteiger partial charge in [-0.1, -0.05) is 36.4 Å². The Kier molecular flexibility index (Phi) is 6.74. The van der Waals surface area contributed by atoms with Crippen molar-refractivity contribution in [2.45, 2.75) is 18.9 Å². The Morgan fingerprint density at radius 3 is 2.15 bits per heavy atom. The Hall–Kier alpha value is -4.80. The van der Waals surface area contributed by atoms with E-state index in [2.05, 4.69) is 0 Å². The number of nitrogens with zero attached hydrogens (tertiary/aromatic N) is 2. The van der Waals surface area contributed by atoms with Crippen molar-refractivity contribution in [3.63, 3.8) is 0 Å². The molecule has 40 heavy (non-hydrogen) atoms. The smallest absolute Gasteiger partial charge is 0.416 e. The van der Waals surface area contributed by atoms with Crippen molar-refractivity contribution < 1.29 is 40.8 Å². The van der Waals surface area contributed by atoms with Crippen LogP contribution >= 0.6 is 0 Å². The molecule has 0 bridgehead atoms. The molecule has 3 aromatic carbocycles. The summed E-state index contributed by atoms with van der Waals surface area (Å²) in [5.41, 5.74) is -2.29. The number of hydrogen-bond donors (Lipinski definition) is 1. The Morgan fingerprint density at radius 1 is 0.775 bits per heavy atom. The first-order chi connectivity index (χ1) is 18.9. The number of para-hydroxylation sites is 1. The molecular formula is C29H19F6N2O3+. The van der Waals surface area contributed by atoms with Crippen LogP contribution in [-0.2, 0) is 18.9 Å². The molecule has 5 nitrogen and oxygen atoms in total. The summed E-state index contributed by atoms with van der Waals surface area (Å²) in [6.07, 6.45) is -7.74. The number of halogens is 6. The number of aromatic nitrogens is 2. The van der Waals surface area contributed by atoms with E-state index in [1.54, 1.807) is 42.5 Å². The van der Waals surface area contributed by atoms with Gasteiger partial charge in [-0.15, -0.1) is 0 Å². The molecule has 2 aromatic heterocycles. The van der Waals surface area contributed by atoms with Crippen LogP contribution in [0.1, 0.15) is 16.7 Å². The SMILES string of the molecule is O=c1c(-c2cccc(C(F)(F)F)c2)c(O)[n+](Cc2ccccc2Oc2ccc(C(F)(F)F)cc2)c2ccccn12. The van der Waals surface area contributed by atoms with Crippen molar-refractivity contribution >= 4 is 5.65 Å². The second-order valence-corrected chi connectivity index (χ2v) is 8.83. The third-order valence-corrected chi connectivity index (χ3v) is 6.22. The highest BCUT2D eigenvalue weighted by Crippen LogP contribution is 2.34. The largest absolute Gasteiger partial charge is 0.477 e. The zero-order valence-electron chi connectivity index (χ0n) is 20.4. The number of aromatic hydroxyl groups is 1. The van der Waals surface area contributed by atoms with E-state index in [1.807, 2.05) is 0 Å². The van der Waals surface area contributed by atoms with Crippen LogP contribution in [0.4, 0.5) is 26.3 Å². The second kappa shape index (κ2) is 10.1. The van der Waals surface area contributed by atoms with Crippen molar-refractivity contribution in [1.29, 1.82) is 0 Å². The first-order valence-electron chi connectivity index (χ1n) is 11.8. The van der Waals surface area contributed by atoms with Crippen LogP contribution < -0.4 is 14.9 Å². The van der Waals surface area contributed by atoms with Crippen LogP contribution in [0.15, 0.2) is 102 Å². The van der Waals surface area contributed by atoms with Gasteiger partial charge in [-0.3, -0.25) is 0 Å². The Labute approximate surface area is 222 Å². The molecule has 0 aliphatic carbocycles. The van der Waals surface area contributed by atoms with Gasteiger partial charge in [0.1, 0.15) is 18.0 Å². The fourth-order valence-corrected chi connectivity index (χ4v) is 4.29. The third kappa shape index (κ3) is 5.22. The Balaban J connectivity index is 1.60. The summed E-state index contributed by atoms with van der Waals surface area (Å²) in [5.74, 6) is -0.177. The average Bonchev–Trinajstić information content (AvgIpc) is 2.91. The maximum absolute atomic E-state index is 13.4. The summed E-state index contributed by atoms with van der Waals surface area (Å²) in [6, 6.07) is 19.5. The molecule has 0 radical (unpaired) electrons. The molecule has 2 heterocycles. The van der Waals surface area contributed by atoms with Gasteiger partial charge in [0.05, 0.1) is 17.3 Å². The maximum atomic E-state index is 13.4. The molecule has 0 saturated heterocycles. The number of ether oxygens (including phenoxy) is 1. The fraction of sp³-hybridized carbons (Fsp3) is 0.103. The van der Waals surface area contributed by atoms with Gasteiger partial charge in [-0.25, -0.2) is 4.79 Å². The Bertz CT molecular complexity index is 1760. The number of hydrogen-bond acceptors (Lipinski definition) is 3. The molecule has 0 fully saturated rings. The van der Waals surface area contributed by atoms with Crippen LogP contribution in [0.2, 0.25) is 0 Å². The summed E-state index contributed by atoms with van der Waals surface area (Å²) in [7, 11) is 0. The van der Waals surface area contributed by atoms with Gasteiger partial charge in [0.2, 0.25) is 0 Å². The van der Waals surface area contributed by atoms with Gasteiger partial charge in [-0.05, 0) is 54.1 Å². The van der Waals surface area contributed by atoms with Crippen LogP contribution in [0.3, 0.4) is 0 Å². The molecule has 0 atom stereocenters. The van der Waals surface area contributed by atoms with Crippen molar-refractivity contribution in [3.05, 3.63) is 124 Å². The predicted octanol–water partition coefficient (Wildman–Crippen LogP) is 6.84. The van der Waals surface area contributed by atoms with Crippen molar-refractivity contribution in [2.75, 3.05) is 0 Å². The highest BCUT2D eigenvalue weighted by Gasteiger charge is 2.33. The number of pyridine rings is 1. The number of rotatable bonds is 5. The lowest BCUT2D eigenvalue weighted by Gasteiger charge is -2.14. The van der Waals surface area contributed by atoms with E-state index in [0.717, 1.165) is 30.3 Å². The van der Waals surface area contributed by atoms with Crippen LogP contribution in [0.25, 0.3) is 16.8 Å². The van der Waals surface area contributed by atoms with Crippen molar-refractivity contribution in [3.8, 4) is 28.5 Å². The van der Waals surface area contributed by atoms with Crippen molar-refractivity contribution in [2.24, 2.45) is 0 Å². The normalized spacial score (nSPS) is 12.1. The minimum atomic E-state index is -4.66. The standard InChI is InChI=1S/C29H18F6N2O3/c30-28(31,32)20-11-13-22(14-12-20)40-23-9-2-1-6-19(23)17-37-24-10-3-4-15-36(24)26(38)25(27(37)39)18-7-5-8-21(16-18)29(33,34)35/h1-16H,17H2/p+1. The van der Waals surface area contributed by atoms with Crippen LogP contribution in [0.5, 0.6) is 17.4 Å². The van der Waals surface area contributed by atoms with Gasteiger partial charge < -0.3 is 9.84 Å². The molecule has 11 heteroatoms. The minimum Gasteiger partial charge on any atom is -0.477 e. The Morgan fingerprint density at radius 2 is 1.45 bits per heavy atom. The van der Waals surface area contributed by atoms with E-state index < -0.39 is 34.9 Å². The molecule has 5 rings (SSSR count). The lowest BCUT2D eigenvalue weighted by Crippen LogP contribution is -2.41. The van der Waals surface area contributed by atoms with Crippen LogP contribution in [-0.4, -0.2) is 9.51 Å². The molecule has 0 unspecified atom stereocenters. The predicted molar refractivity (Wildman–Crippen MR) is 133 cm³/mol. The third-order valence-electron chi connectivity index (χ3n) is 6.22. The molecule has 0 aliphatic heterocycles. The average molecular weight is 557 g/mol. The minimum absolute atomic E-state index is 0.0948. The fourth-order valence-electron chi connectivity index (χ4n) is 4.29. The quantitative estimate of drug-likeness (QED) is 0.190. The molecule has 0 amide bonds. The van der Waals surface area contributed by atoms with Crippen molar-refractivity contribution in [1.82, 2.24) is 4.40 Å². The zero-order chi connectivity index (χ0) is 28.7. The van der Waals surface area contributed by atoms with Gasteiger partial charge in [-0.2, -0.15) is 35.3 Å². The molecule has 1 N–H and O–H groups in total. The summed E-state index contributed by atoms with van der Waals surface area (Å²) in [4.78, 5) is 13.3. The van der Waals surface area contributed by atoms with E-state index in [0.29, 0.717) is 5.56 Å². The molecule has 0 saturated carbocycles. The van der Waals surface area contributed by atoms with Gasteiger partial charge in [0, 0.05) is 11.6 Å². The van der Waals surface area contributed by atoms with E-state index in [-0.39, 0.29) is 34.8 Å². The van der Waals surface area contributed by atoms with Crippen LogP contribution in [0, 0.1) is 0 Å². The molecule has 5 aromatic rings. The summed E-state index contributed by atoms with van der Waals surface area (Å²) in [6.45, 7) is -0.0948. The van der Waals surface area contributed by atoms with Gasteiger partial charge in [0.25, 0.3) is 11.5 Å². The lowest BCUT2D eigenvalue weighted by molar-refractivity contribution is -0.671. The number of fused-ring (bicyclic) bond motifs is 1. The zero-order valence-corrected chi connectivity index (χ0v) is 20.4.